The minimum atomic E-state index is -3.96. The number of amides is 2. The van der Waals surface area contributed by atoms with Crippen molar-refractivity contribution in [3.05, 3.63) is 78.7 Å². The number of hydrogen-bond donors (Lipinski definition) is 1. The third-order valence-electron chi connectivity index (χ3n) is 6.71. The van der Waals surface area contributed by atoms with Crippen LogP contribution in [0.2, 0.25) is 10.0 Å². The van der Waals surface area contributed by atoms with E-state index in [2.05, 4.69) is 0 Å². The lowest BCUT2D eigenvalue weighted by Crippen LogP contribution is -2.38. The Bertz CT molecular complexity index is 1680. The smallest absolute Gasteiger partial charge is 0.414 e. The molecule has 3 heterocycles. The number of ether oxygens (including phenoxy) is 2. The van der Waals surface area contributed by atoms with Crippen molar-refractivity contribution in [1.82, 2.24) is 9.88 Å². The number of cyclic esters (lactones) is 1. The van der Waals surface area contributed by atoms with Crippen molar-refractivity contribution in [1.29, 1.82) is 0 Å². The summed E-state index contributed by atoms with van der Waals surface area (Å²) in [7, 11) is 1.45. The quantitative estimate of drug-likeness (QED) is 0.230. The van der Waals surface area contributed by atoms with Gasteiger partial charge in [-0.05, 0) is 59.5 Å². The molecule has 0 radical (unpaired) electrons. The number of carbonyl (C=O) groups excluding carboxylic acids is 3. The molecule has 2 amide bonds. The van der Waals surface area contributed by atoms with Gasteiger partial charge in [-0.3, -0.25) is 19.3 Å². The molecule has 0 aliphatic carbocycles. The van der Waals surface area contributed by atoms with Crippen LogP contribution in [-0.4, -0.2) is 48.4 Å². The van der Waals surface area contributed by atoms with Gasteiger partial charge in [-0.1, -0.05) is 35.0 Å². The Morgan fingerprint density at radius 1 is 1.17 bits per heavy atom. The SMILES string of the molecule is COc1cc2c(cc1N1CCCOC1=O)CN(C(=O)c1c(Sc3c(Cl)ccc(C=O)c3Cl)cc(C(F)(F)Cl)[nH]c1=O)C2. The topological polar surface area (TPSA) is 109 Å². The van der Waals surface area contributed by atoms with Gasteiger partial charge in [-0.15, -0.1) is 0 Å². The number of aromatic nitrogens is 1. The number of benzene rings is 2. The van der Waals surface area contributed by atoms with Gasteiger partial charge in [0.15, 0.2) is 6.29 Å². The van der Waals surface area contributed by atoms with Crippen molar-refractivity contribution in [2.45, 2.75) is 34.7 Å². The first-order valence-electron chi connectivity index (χ1n) is 12.3. The average molecular weight is 659 g/mol. The Morgan fingerprint density at radius 2 is 1.88 bits per heavy atom. The first-order valence-corrected chi connectivity index (χ1v) is 14.3. The molecule has 0 unspecified atom stereocenters. The number of fused-ring (bicyclic) bond motifs is 1. The molecular weight excluding hydrogens is 639 g/mol. The van der Waals surface area contributed by atoms with E-state index >= 15 is 0 Å². The van der Waals surface area contributed by atoms with Gasteiger partial charge >= 0.3 is 11.5 Å². The van der Waals surface area contributed by atoms with Crippen LogP contribution in [0.5, 0.6) is 5.75 Å². The molecule has 2 aliphatic heterocycles. The second kappa shape index (κ2) is 11.8. The number of H-pyrrole nitrogens is 1. The van der Waals surface area contributed by atoms with Gasteiger partial charge < -0.3 is 19.4 Å². The van der Waals surface area contributed by atoms with E-state index in [1.807, 2.05) is 4.98 Å². The highest BCUT2D eigenvalue weighted by molar-refractivity contribution is 7.99. The molecule has 0 spiro atoms. The summed E-state index contributed by atoms with van der Waals surface area (Å²) in [6.45, 7) is 0.839. The van der Waals surface area contributed by atoms with Gasteiger partial charge in [0.05, 0.1) is 34.3 Å². The number of aromatic amines is 1. The van der Waals surface area contributed by atoms with E-state index in [1.165, 1.54) is 29.0 Å². The number of hydrogen-bond acceptors (Lipinski definition) is 7. The zero-order valence-electron chi connectivity index (χ0n) is 21.6. The Hall–Kier alpha value is -3.32. The third-order valence-corrected chi connectivity index (χ3v) is 9.03. The lowest BCUT2D eigenvalue weighted by atomic mass is 10.1. The number of halogens is 5. The highest BCUT2D eigenvalue weighted by atomic mass is 35.5. The fourth-order valence-electron chi connectivity index (χ4n) is 4.68. The van der Waals surface area contributed by atoms with E-state index in [9.17, 15) is 28.0 Å². The molecule has 5 rings (SSSR count). The minimum Gasteiger partial charge on any atom is -0.495 e. The van der Waals surface area contributed by atoms with E-state index in [1.54, 1.807) is 12.1 Å². The van der Waals surface area contributed by atoms with Crippen molar-refractivity contribution in [3.63, 3.8) is 0 Å². The molecule has 9 nitrogen and oxygen atoms in total. The lowest BCUT2D eigenvalue weighted by molar-refractivity contribution is 0.0740. The largest absolute Gasteiger partial charge is 0.495 e. The molecule has 1 N–H and O–H groups in total. The second-order valence-electron chi connectivity index (χ2n) is 9.32. The molecule has 2 aliphatic rings. The number of pyridine rings is 1. The maximum absolute atomic E-state index is 14.1. The van der Waals surface area contributed by atoms with Crippen LogP contribution in [0.15, 0.2) is 44.9 Å². The number of rotatable bonds is 7. The Balaban J connectivity index is 1.54. The highest BCUT2D eigenvalue weighted by Gasteiger charge is 2.35. The maximum Gasteiger partial charge on any atom is 0.414 e. The Kier molecular flexibility index (Phi) is 8.44. The summed E-state index contributed by atoms with van der Waals surface area (Å²) >= 11 is 18.5. The first kappa shape index (κ1) is 30.1. The molecule has 0 bridgehead atoms. The van der Waals surface area contributed by atoms with Crippen LogP contribution in [-0.2, 0) is 23.2 Å². The molecule has 42 heavy (non-hydrogen) atoms. The monoisotopic (exact) mass is 657 g/mol. The molecule has 220 valence electrons. The lowest BCUT2D eigenvalue weighted by Gasteiger charge is -2.28. The fraction of sp³-hybridized carbons (Fsp3) is 0.259. The molecule has 0 saturated carbocycles. The predicted octanol–water partition coefficient (Wildman–Crippen LogP) is 6.44. The van der Waals surface area contributed by atoms with Gasteiger partial charge in [0.25, 0.3) is 11.5 Å². The molecule has 2 aromatic carbocycles. The van der Waals surface area contributed by atoms with Crippen LogP contribution < -0.4 is 15.2 Å². The molecule has 15 heteroatoms. The van der Waals surface area contributed by atoms with Crippen LogP contribution >= 0.6 is 46.6 Å². The Morgan fingerprint density at radius 3 is 2.52 bits per heavy atom. The summed E-state index contributed by atoms with van der Waals surface area (Å²) in [4.78, 5) is 55.4. The molecule has 0 atom stereocenters. The third kappa shape index (κ3) is 5.68. The van der Waals surface area contributed by atoms with Gasteiger partial charge in [-0.25, -0.2) is 4.79 Å². The number of anilines is 1. The summed E-state index contributed by atoms with van der Waals surface area (Å²) in [6.07, 6.45) is 0.588. The molecule has 1 fully saturated rings. The molecule has 3 aromatic rings. The van der Waals surface area contributed by atoms with E-state index in [0.717, 1.165) is 6.07 Å². The zero-order chi connectivity index (χ0) is 30.3. The fourth-order valence-corrected chi connectivity index (χ4v) is 6.48. The minimum absolute atomic E-state index is 0.0488. The van der Waals surface area contributed by atoms with E-state index < -0.39 is 34.2 Å². The van der Waals surface area contributed by atoms with Gasteiger partial charge in [-0.2, -0.15) is 8.78 Å². The second-order valence-corrected chi connectivity index (χ2v) is 11.6. The molecule has 1 saturated heterocycles. The molecular formula is C27H20Cl3F2N3O6S. The van der Waals surface area contributed by atoms with Crippen LogP contribution in [0.25, 0.3) is 0 Å². The Labute approximate surface area is 256 Å². The normalized spacial score (nSPS) is 15.0. The van der Waals surface area contributed by atoms with Crippen LogP contribution in [0.4, 0.5) is 19.3 Å². The highest BCUT2D eigenvalue weighted by Crippen LogP contribution is 2.43. The number of nitrogens with one attached hydrogen (secondary N) is 1. The van der Waals surface area contributed by atoms with E-state index in [-0.39, 0.29) is 38.5 Å². The van der Waals surface area contributed by atoms with Crippen molar-refractivity contribution in [2.75, 3.05) is 25.2 Å². The number of aldehydes is 1. The summed E-state index contributed by atoms with van der Waals surface area (Å²) in [5.41, 5.74) is -0.568. The first-order chi connectivity index (χ1) is 19.9. The van der Waals surface area contributed by atoms with Crippen molar-refractivity contribution in [3.8, 4) is 5.75 Å². The summed E-state index contributed by atoms with van der Waals surface area (Å²) < 4.78 is 38.8. The van der Waals surface area contributed by atoms with Crippen LogP contribution in [0.1, 0.15) is 44.0 Å². The van der Waals surface area contributed by atoms with Gasteiger partial charge in [0.1, 0.15) is 17.0 Å². The maximum atomic E-state index is 14.1. The summed E-state index contributed by atoms with van der Waals surface area (Å²) in [5, 5.41) is -3.97. The molecule has 1 aromatic heterocycles. The zero-order valence-corrected chi connectivity index (χ0v) is 24.7. The predicted molar refractivity (Wildman–Crippen MR) is 153 cm³/mol. The van der Waals surface area contributed by atoms with Crippen molar-refractivity contribution < 1.29 is 32.6 Å². The standard InChI is InChI=1S/C27H20Cl3F2N3O6S/c1-40-18-8-15-11-34(10-14(15)7-17(18)35-5-2-6-41-26(35)39)25(38)21-19(9-20(27(30,31)32)33-24(21)37)42-23-16(28)4-3-13(12-36)22(23)29/h3-4,7-9,12H,2,5-6,10-11H2,1H3,(H,33,37). The van der Waals surface area contributed by atoms with Gasteiger partial charge in [0.2, 0.25) is 0 Å². The van der Waals surface area contributed by atoms with E-state index in [4.69, 9.17) is 44.3 Å². The van der Waals surface area contributed by atoms with E-state index in [0.29, 0.717) is 60.2 Å². The summed E-state index contributed by atoms with van der Waals surface area (Å²) in [5.74, 6) is -0.375. The van der Waals surface area contributed by atoms with Crippen molar-refractivity contribution in [2.24, 2.45) is 0 Å². The number of alkyl halides is 3. The average Bonchev–Trinajstić information content (AvgIpc) is 3.37. The van der Waals surface area contributed by atoms with Gasteiger partial charge in [0, 0.05) is 30.1 Å². The number of methoxy groups -OCH3 is 1. The summed E-state index contributed by atoms with van der Waals surface area (Å²) in [6, 6.07) is 7.04. The van der Waals surface area contributed by atoms with Crippen LogP contribution in [0.3, 0.4) is 0 Å². The number of nitrogens with zero attached hydrogens (tertiary/aromatic N) is 2. The van der Waals surface area contributed by atoms with Crippen molar-refractivity contribution >= 4 is 70.5 Å². The number of carbonyl (C=O) groups is 3. The van der Waals surface area contributed by atoms with Crippen LogP contribution in [0, 0.1) is 0 Å².